The summed E-state index contributed by atoms with van der Waals surface area (Å²) in [6, 6.07) is 14.4. The van der Waals surface area contributed by atoms with Crippen LogP contribution in [-0.4, -0.2) is 9.97 Å². The molecule has 100 valence electrons. The summed E-state index contributed by atoms with van der Waals surface area (Å²) >= 11 is 1.70. The van der Waals surface area contributed by atoms with Crippen LogP contribution in [0.2, 0.25) is 0 Å². The van der Waals surface area contributed by atoms with Crippen LogP contribution in [0.25, 0.3) is 0 Å². The molecule has 0 atom stereocenters. The van der Waals surface area contributed by atoms with Crippen molar-refractivity contribution in [2.75, 3.05) is 4.90 Å². The molecule has 0 N–H and O–H groups in total. The highest BCUT2D eigenvalue weighted by Gasteiger charge is 2.13. The number of thiazole rings is 1. The van der Waals surface area contributed by atoms with Crippen LogP contribution in [0.4, 0.5) is 10.8 Å². The zero-order valence-electron chi connectivity index (χ0n) is 11.2. The fourth-order valence-electron chi connectivity index (χ4n) is 2.02. The molecule has 3 aromatic rings. The molecule has 20 heavy (non-hydrogen) atoms. The second-order valence-electron chi connectivity index (χ2n) is 4.54. The third-order valence-electron chi connectivity index (χ3n) is 2.98. The lowest BCUT2D eigenvalue weighted by molar-refractivity contribution is 0.959. The first-order chi connectivity index (χ1) is 9.83. The molecular formula is C16H15N3S. The van der Waals surface area contributed by atoms with Crippen LogP contribution in [0.5, 0.6) is 0 Å². The van der Waals surface area contributed by atoms with Crippen LogP contribution in [0, 0.1) is 6.92 Å². The van der Waals surface area contributed by atoms with Gasteiger partial charge in [-0.15, -0.1) is 11.3 Å². The van der Waals surface area contributed by atoms with E-state index >= 15 is 0 Å². The van der Waals surface area contributed by atoms with Crippen molar-refractivity contribution in [1.82, 2.24) is 9.97 Å². The molecule has 0 amide bonds. The molecule has 0 bridgehead atoms. The van der Waals surface area contributed by atoms with E-state index in [9.17, 15) is 0 Å². The Morgan fingerprint density at radius 3 is 2.55 bits per heavy atom. The van der Waals surface area contributed by atoms with Crippen molar-refractivity contribution in [3.8, 4) is 0 Å². The molecule has 0 radical (unpaired) electrons. The number of hydrogen-bond donors (Lipinski definition) is 0. The maximum Gasteiger partial charge on any atom is 0.190 e. The molecular weight excluding hydrogens is 266 g/mol. The summed E-state index contributed by atoms with van der Waals surface area (Å²) in [6.07, 6.45) is 5.57. The van der Waals surface area contributed by atoms with E-state index in [-0.39, 0.29) is 0 Å². The minimum Gasteiger partial charge on any atom is -0.312 e. The summed E-state index contributed by atoms with van der Waals surface area (Å²) in [5, 5.41) is 0.999. The van der Waals surface area contributed by atoms with Crippen molar-refractivity contribution < 1.29 is 0 Å². The van der Waals surface area contributed by atoms with Crippen molar-refractivity contribution in [1.29, 1.82) is 0 Å². The number of rotatable bonds is 4. The highest BCUT2D eigenvalue weighted by molar-refractivity contribution is 7.15. The second kappa shape index (κ2) is 5.84. The molecule has 0 aliphatic heterocycles. The third kappa shape index (κ3) is 2.86. The Hall–Kier alpha value is -2.20. The maximum absolute atomic E-state index is 4.51. The molecule has 3 rings (SSSR count). The summed E-state index contributed by atoms with van der Waals surface area (Å²) in [5.41, 5.74) is 2.31. The Morgan fingerprint density at radius 2 is 1.90 bits per heavy atom. The van der Waals surface area contributed by atoms with E-state index in [1.807, 2.05) is 24.5 Å². The number of nitrogens with zero attached hydrogens (tertiary/aromatic N) is 3. The Bertz CT molecular complexity index is 664. The smallest absolute Gasteiger partial charge is 0.190 e. The Balaban J connectivity index is 1.96. The van der Waals surface area contributed by atoms with E-state index in [2.05, 4.69) is 52.1 Å². The van der Waals surface area contributed by atoms with Gasteiger partial charge in [0.1, 0.15) is 0 Å². The van der Waals surface area contributed by atoms with E-state index in [1.54, 1.807) is 17.5 Å². The maximum atomic E-state index is 4.51. The van der Waals surface area contributed by atoms with E-state index in [0.29, 0.717) is 0 Å². The second-order valence-corrected chi connectivity index (χ2v) is 5.75. The SMILES string of the molecule is Cc1cnc(N(Cc2ccccc2)c2cccnc2)s1. The van der Waals surface area contributed by atoms with Gasteiger partial charge in [0, 0.05) is 17.3 Å². The van der Waals surface area contributed by atoms with Crippen LogP contribution >= 0.6 is 11.3 Å². The predicted octanol–water partition coefficient (Wildman–Crippen LogP) is 4.18. The molecule has 0 spiro atoms. The molecule has 4 heteroatoms. The average molecular weight is 281 g/mol. The molecule has 0 saturated carbocycles. The summed E-state index contributed by atoms with van der Waals surface area (Å²) in [6.45, 7) is 2.87. The van der Waals surface area contributed by atoms with Crippen molar-refractivity contribution in [2.24, 2.45) is 0 Å². The summed E-state index contributed by atoms with van der Waals surface area (Å²) < 4.78 is 0. The summed E-state index contributed by atoms with van der Waals surface area (Å²) in [4.78, 5) is 12.1. The van der Waals surface area contributed by atoms with Gasteiger partial charge in [-0.2, -0.15) is 0 Å². The van der Waals surface area contributed by atoms with Crippen molar-refractivity contribution in [3.05, 3.63) is 71.5 Å². The van der Waals surface area contributed by atoms with Crippen LogP contribution in [0.1, 0.15) is 10.4 Å². The monoisotopic (exact) mass is 281 g/mol. The summed E-state index contributed by atoms with van der Waals surface area (Å²) in [7, 11) is 0. The normalized spacial score (nSPS) is 10.4. The van der Waals surface area contributed by atoms with Crippen LogP contribution < -0.4 is 4.90 Å². The highest BCUT2D eigenvalue weighted by Crippen LogP contribution is 2.30. The number of anilines is 2. The van der Waals surface area contributed by atoms with Crippen molar-refractivity contribution >= 4 is 22.2 Å². The number of aromatic nitrogens is 2. The Morgan fingerprint density at radius 1 is 1.05 bits per heavy atom. The zero-order valence-corrected chi connectivity index (χ0v) is 12.0. The number of aryl methyl sites for hydroxylation is 1. The number of benzene rings is 1. The lowest BCUT2D eigenvalue weighted by Crippen LogP contribution is -2.16. The molecule has 0 fully saturated rings. The third-order valence-corrected chi connectivity index (χ3v) is 3.92. The largest absolute Gasteiger partial charge is 0.312 e. The van der Waals surface area contributed by atoms with Gasteiger partial charge in [0.15, 0.2) is 5.13 Å². The lowest BCUT2D eigenvalue weighted by atomic mass is 10.2. The molecule has 2 aromatic heterocycles. The topological polar surface area (TPSA) is 29.0 Å². The van der Waals surface area contributed by atoms with E-state index in [4.69, 9.17) is 0 Å². The average Bonchev–Trinajstić information content (AvgIpc) is 2.93. The van der Waals surface area contributed by atoms with Gasteiger partial charge in [0.05, 0.1) is 18.4 Å². The molecule has 1 aromatic carbocycles. The van der Waals surface area contributed by atoms with Crippen LogP contribution in [0.3, 0.4) is 0 Å². The molecule has 2 heterocycles. The highest BCUT2D eigenvalue weighted by atomic mass is 32.1. The van der Waals surface area contributed by atoms with Crippen molar-refractivity contribution in [3.63, 3.8) is 0 Å². The van der Waals surface area contributed by atoms with Gasteiger partial charge < -0.3 is 4.90 Å². The van der Waals surface area contributed by atoms with Gasteiger partial charge in [-0.25, -0.2) is 4.98 Å². The Kier molecular flexibility index (Phi) is 3.74. The lowest BCUT2D eigenvalue weighted by Gasteiger charge is -2.21. The fourth-order valence-corrected chi connectivity index (χ4v) is 2.80. The van der Waals surface area contributed by atoms with E-state index < -0.39 is 0 Å². The quantitative estimate of drug-likeness (QED) is 0.718. The minimum atomic E-state index is 0.791. The van der Waals surface area contributed by atoms with Gasteiger partial charge in [-0.3, -0.25) is 4.98 Å². The molecule has 0 unspecified atom stereocenters. The summed E-state index contributed by atoms with van der Waals surface area (Å²) in [5.74, 6) is 0. The predicted molar refractivity (Wildman–Crippen MR) is 83.4 cm³/mol. The van der Waals surface area contributed by atoms with Crippen LogP contribution in [0.15, 0.2) is 61.1 Å². The van der Waals surface area contributed by atoms with E-state index in [1.165, 1.54) is 10.4 Å². The molecule has 0 aliphatic rings. The number of pyridine rings is 1. The molecule has 3 nitrogen and oxygen atoms in total. The van der Waals surface area contributed by atoms with E-state index in [0.717, 1.165) is 17.4 Å². The van der Waals surface area contributed by atoms with Crippen molar-refractivity contribution in [2.45, 2.75) is 13.5 Å². The molecule has 0 aliphatic carbocycles. The van der Waals surface area contributed by atoms with Gasteiger partial charge >= 0.3 is 0 Å². The van der Waals surface area contributed by atoms with Gasteiger partial charge in [-0.1, -0.05) is 30.3 Å². The standard InChI is InChI=1S/C16H15N3S/c1-13-10-18-16(20-13)19(15-8-5-9-17-11-15)12-14-6-3-2-4-7-14/h2-11H,12H2,1H3. The molecule has 0 saturated heterocycles. The van der Waals surface area contributed by atoms with Gasteiger partial charge in [-0.05, 0) is 24.6 Å². The van der Waals surface area contributed by atoms with Gasteiger partial charge in [0.2, 0.25) is 0 Å². The Labute approximate surface area is 122 Å². The van der Waals surface area contributed by atoms with Crippen LogP contribution in [-0.2, 0) is 6.54 Å². The van der Waals surface area contributed by atoms with Gasteiger partial charge in [0.25, 0.3) is 0 Å². The zero-order chi connectivity index (χ0) is 13.8. The number of hydrogen-bond acceptors (Lipinski definition) is 4. The first-order valence-electron chi connectivity index (χ1n) is 6.47. The minimum absolute atomic E-state index is 0.791. The first-order valence-corrected chi connectivity index (χ1v) is 7.28. The first kappa shape index (κ1) is 12.8. The fraction of sp³-hybridized carbons (Fsp3) is 0.125.